The van der Waals surface area contributed by atoms with E-state index in [9.17, 15) is 0 Å². The van der Waals surface area contributed by atoms with Crippen molar-refractivity contribution >= 4 is 0 Å². The van der Waals surface area contributed by atoms with Crippen molar-refractivity contribution in [3.05, 3.63) is 18.0 Å². The topological polar surface area (TPSA) is 17.8 Å². The summed E-state index contributed by atoms with van der Waals surface area (Å²) in [6.07, 6.45) is 6.60. The molecule has 0 radical (unpaired) electrons. The lowest BCUT2D eigenvalue weighted by molar-refractivity contribution is 0.325. The molecular formula is C13H24N2. The van der Waals surface area contributed by atoms with Crippen LogP contribution in [-0.2, 0) is 13.0 Å². The van der Waals surface area contributed by atoms with Gasteiger partial charge in [0.2, 0.25) is 0 Å². The Morgan fingerprint density at radius 1 is 1.40 bits per heavy atom. The van der Waals surface area contributed by atoms with E-state index in [0.29, 0.717) is 5.41 Å². The van der Waals surface area contributed by atoms with E-state index in [-0.39, 0.29) is 0 Å². The van der Waals surface area contributed by atoms with Gasteiger partial charge in [-0.3, -0.25) is 4.68 Å². The molecule has 1 atom stereocenters. The Kier molecular flexibility index (Phi) is 3.95. The average molecular weight is 208 g/mol. The van der Waals surface area contributed by atoms with Crippen molar-refractivity contribution in [1.82, 2.24) is 9.78 Å². The van der Waals surface area contributed by atoms with E-state index in [1.165, 1.54) is 12.0 Å². The number of aromatic nitrogens is 2. The lowest BCUT2D eigenvalue weighted by atomic mass is 9.97. The Morgan fingerprint density at radius 2 is 2.07 bits per heavy atom. The van der Waals surface area contributed by atoms with Crippen LogP contribution >= 0.6 is 0 Å². The van der Waals surface area contributed by atoms with E-state index < -0.39 is 0 Å². The summed E-state index contributed by atoms with van der Waals surface area (Å²) >= 11 is 0. The van der Waals surface area contributed by atoms with Gasteiger partial charge in [0, 0.05) is 12.7 Å². The summed E-state index contributed by atoms with van der Waals surface area (Å²) in [5, 5.41) is 4.41. The fourth-order valence-electron chi connectivity index (χ4n) is 1.63. The summed E-state index contributed by atoms with van der Waals surface area (Å²) in [4.78, 5) is 0. The maximum Gasteiger partial charge on any atom is 0.0521 e. The normalized spacial score (nSPS) is 14.2. The van der Waals surface area contributed by atoms with Gasteiger partial charge in [0.15, 0.2) is 0 Å². The number of hydrogen-bond donors (Lipinski definition) is 0. The molecule has 86 valence electrons. The van der Waals surface area contributed by atoms with Crippen LogP contribution in [0.15, 0.2) is 12.4 Å². The molecule has 0 aromatic carbocycles. The van der Waals surface area contributed by atoms with Crippen molar-refractivity contribution in [2.45, 2.75) is 54.0 Å². The molecule has 0 fully saturated rings. The first-order chi connectivity index (χ1) is 6.90. The molecule has 1 aromatic rings. The van der Waals surface area contributed by atoms with E-state index >= 15 is 0 Å². The van der Waals surface area contributed by atoms with Gasteiger partial charge in [0.1, 0.15) is 0 Å². The van der Waals surface area contributed by atoms with E-state index in [2.05, 4.69) is 50.6 Å². The Labute approximate surface area is 93.7 Å². The lowest BCUT2D eigenvalue weighted by Crippen LogP contribution is -2.15. The molecule has 1 rings (SSSR count). The van der Waals surface area contributed by atoms with Crippen molar-refractivity contribution in [1.29, 1.82) is 0 Å². The van der Waals surface area contributed by atoms with E-state index in [0.717, 1.165) is 18.9 Å². The maximum absolute atomic E-state index is 4.41. The first kappa shape index (κ1) is 12.3. The van der Waals surface area contributed by atoms with Crippen LogP contribution in [0.25, 0.3) is 0 Å². The molecule has 15 heavy (non-hydrogen) atoms. The minimum absolute atomic E-state index is 0.305. The number of nitrogens with zero attached hydrogens (tertiary/aromatic N) is 2. The maximum atomic E-state index is 4.41. The van der Waals surface area contributed by atoms with Crippen LogP contribution in [0.1, 0.15) is 46.6 Å². The molecule has 0 saturated carbocycles. The first-order valence-electron chi connectivity index (χ1n) is 5.92. The standard InChI is InChI=1S/C13H24N2/c1-6-11(2)7-12-8-14-15(9-12)10-13(3,4)5/h8-9,11H,6-7,10H2,1-5H3. The van der Waals surface area contributed by atoms with Gasteiger partial charge in [-0.1, -0.05) is 41.0 Å². The Bertz CT molecular complexity index is 294. The third-order valence-electron chi connectivity index (χ3n) is 2.60. The fourth-order valence-corrected chi connectivity index (χ4v) is 1.63. The smallest absolute Gasteiger partial charge is 0.0521 e. The third-order valence-corrected chi connectivity index (χ3v) is 2.60. The lowest BCUT2D eigenvalue weighted by Gasteiger charge is -2.17. The summed E-state index contributed by atoms with van der Waals surface area (Å²) in [5.41, 5.74) is 1.67. The van der Waals surface area contributed by atoms with Crippen LogP contribution in [0.4, 0.5) is 0 Å². The van der Waals surface area contributed by atoms with Crippen molar-refractivity contribution in [2.24, 2.45) is 11.3 Å². The van der Waals surface area contributed by atoms with E-state index in [1.807, 2.05) is 6.20 Å². The second-order valence-corrected chi connectivity index (χ2v) is 5.82. The van der Waals surface area contributed by atoms with E-state index in [4.69, 9.17) is 0 Å². The molecule has 0 aliphatic rings. The Hall–Kier alpha value is -0.790. The van der Waals surface area contributed by atoms with Gasteiger partial charge in [0.05, 0.1) is 6.20 Å². The molecule has 2 nitrogen and oxygen atoms in total. The summed E-state index contributed by atoms with van der Waals surface area (Å²) in [6.45, 7) is 12.2. The molecule has 0 N–H and O–H groups in total. The van der Waals surface area contributed by atoms with Crippen LogP contribution in [-0.4, -0.2) is 9.78 Å². The zero-order chi connectivity index (χ0) is 11.5. The third kappa shape index (κ3) is 4.50. The molecule has 1 unspecified atom stereocenters. The van der Waals surface area contributed by atoms with Gasteiger partial charge in [-0.05, 0) is 23.3 Å². The molecule has 0 aliphatic carbocycles. The minimum Gasteiger partial charge on any atom is -0.272 e. The van der Waals surface area contributed by atoms with Crippen molar-refractivity contribution in [3.8, 4) is 0 Å². The van der Waals surface area contributed by atoms with Gasteiger partial charge >= 0.3 is 0 Å². The SMILES string of the molecule is CCC(C)Cc1cnn(CC(C)(C)C)c1. The molecular weight excluding hydrogens is 184 g/mol. The quantitative estimate of drug-likeness (QED) is 0.740. The zero-order valence-electron chi connectivity index (χ0n) is 10.7. The van der Waals surface area contributed by atoms with Crippen LogP contribution in [0.5, 0.6) is 0 Å². The number of hydrogen-bond acceptors (Lipinski definition) is 1. The highest BCUT2D eigenvalue weighted by atomic mass is 15.3. The molecule has 0 amide bonds. The predicted molar refractivity (Wildman–Crippen MR) is 64.8 cm³/mol. The summed E-state index contributed by atoms with van der Waals surface area (Å²) < 4.78 is 2.07. The summed E-state index contributed by atoms with van der Waals surface area (Å²) in [5.74, 6) is 0.761. The minimum atomic E-state index is 0.305. The van der Waals surface area contributed by atoms with Crippen LogP contribution in [0.2, 0.25) is 0 Å². The van der Waals surface area contributed by atoms with Gasteiger partial charge in [-0.25, -0.2) is 0 Å². The first-order valence-corrected chi connectivity index (χ1v) is 5.92. The van der Waals surface area contributed by atoms with Gasteiger partial charge in [-0.15, -0.1) is 0 Å². The van der Waals surface area contributed by atoms with Crippen LogP contribution in [0.3, 0.4) is 0 Å². The van der Waals surface area contributed by atoms with Crippen LogP contribution in [0, 0.1) is 11.3 Å². The Morgan fingerprint density at radius 3 is 2.60 bits per heavy atom. The molecule has 0 bridgehead atoms. The van der Waals surface area contributed by atoms with Gasteiger partial charge in [-0.2, -0.15) is 5.10 Å². The molecule has 0 saturated heterocycles. The summed E-state index contributed by atoms with van der Waals surface area (Å²) in [7, 11) is 0. The fraction of sp³-hybridized carbons (Fsp3) is 0.769. The monoisotopic (exact) mass is 208 g/mol. The molecule has 2 heteroatoms. The Balaban J connectivity index is 2.56. The largest absolute Gasteiger partial charge is 0.272 e. The highest BCUT2D eigenvalue weighted by molar-refractivity contribution is 5.04. The van der Waals surface area contributed by atoms with Crippen molar-refractivity contribution in [3.63, 3.8) is 0 Å². The van der Waals surface area contributed by atoms with Crippen molar-refractivity contribution < 1.29 is 0 Å². The van der Waals surface area contributed by atoms with Gasteiger partial charge in [0.25, 0.3) is 0 Å². The molecule has 1 heterocycles. The second kappa shape index (κ2) is 4.82. The highest BCUT2D eigenvalue weighted by Crippen LogP contribution is 2.17. The molecule has 0 spiro atoms. The highest BCUT2D eigenvalue weighted by Gasteiger charge is 2.12. The van der Waals surface area contributed by atoms with Gasteiger partial charge < -0.3 is 0 Å². The average Bonchev–Trinajstić information content (AvgIpc) is 2.49. The molecule has 0 aliphatic heterocycles. The molecule has 1 aromatic heterocycles. The predicted octanol–water partition coefficient (Wildman–Crippen LogP) is 3.52. The zero-order valence-corrected chi connectivity index (χ0v) is 10.7. The summed E-state index contributed by atoms with van der Waals surface area (Å²) in [6, 6.07) is 0. The second-order valence-electron chi connectivity index (χ2n) is 5.82. The number of rotatable bonds is 4. The van der Waals surface area contributed by atoms with Crippen LogP contribution < -0.4 is 0 Å². The van der Waals surface area contributed by atoms with Crippen molar-refractivity contribution in [2.75, 3.05) is 0 Å². The van der Waals surface area contributed by atoms with E-state index in [1.54, 1.807) is 0 Å².